The molecule has 2 amide bonds. The average molecular weight is 291 g/mol. The molecular formula is C14H13NO2S2. The van der Waals surface area contributed by atoms with Crippen molar-refractivity contribution in [2.24, 2.45) is 0 Å². The van der Waals surface area contributed by atoms with Crippen LogP contribution < -0.4 is 0 Å². The predicted octanol–water partition coefficient (Wildman–Crippen LogP) is 3.63. The molecule has 0 bridgehead atoms. The number of carbonyl (C=O) groups is 2. The predicted molar refractivity (Wildman–Crippen MR) is 81.1 cm³/mol. The van der Waals surface area contributed by atoms with Gasteiger partial charge in [-0.25, -0.2) is 0 Å². The fourth-order valence-corrected chi connectivity index (χ4v) is 2.89. The minimum Gasteiger partial charge on any atom is -0.268 e. The molecule has 0 radical (unpaired) electrons. The van der Waals surface area contributed by atoms with E-state index in [2.05, 4.69) is 6.58 Å². The second-order valence-electron chi connectivity index (χ2n) is 3.85. The van der Waals surface area contributed by atoms with Crippen molar-refractivity contribution in [3.05, 3.63) is 47.4 Å². The summed E-state index contributed by atoms with van der Waals surface area (Å²) in [4.78, 5) is 26.5. The van der Waals surface area contributed by atoms with Crippen LogP contribution in [0.1, 0.15) is 5.56 Å². The molecule has 0 atom stereocenters. The van der Waals surface area contributed by atoms with Crippen LogP contribution in [0.2, 0.25) is 0 Å². The Morgan fingerprint density at radius 2 is 2.00 bits per heavy atom. The molecule has 0 aromatic heterocycles. The Kier molecular flexibility index (Phi) is 4.50. The molecule has 1 aromatic carbocycles. The van der Waals surface area contributed by atoms with Gasteiger partial charge >= 0.3 is 0 Å². The number of carbonyl (C=O) groups excluding carboxylic acids is 2. The summed E-state index contributed by atoms with van der Waals surface area (Å²) in [6, 6.07) is 7.86. The van der Waals surface area contributed by atoms with Crippen molar-refractivity contribution in [3.63, 3.8) is 0 Å². The van der Waals surface area contributed by atoms with Gasteiger partial charge < -0.3 is 0 Å². The first kappa shape index (κ1) is 14.0. The lowest BCUT2D eigenvalue weighted by molar-refractivity contribution is -0.122. The summed E-state index contributed by atoms with van der Waals surface area (Å²) in [5.74, 6) is -0.246. The second kappa shape index (κ2) is 6.12. The van der Waals surface area contributed by atoms with E-state index >= 15 is 0 Å². The van der Waals surface area contributed by atoms with Crippen LogP contribution in [0.4, 0.5) is 4.79 Å². The van der Waals surface area contributed by atoms with E-state index in [1.165, 1.54) is 4.90 Å². The molecule has 0 unspecified atom stereocenters. The van der Waals surface area contributed by atoms with Crippen LogP contribution in [0, 0.1) is 0 Å². The highest BCUT2D eigenvalue weighted by molar-refractivity contribution is 8.18. The molecule has 5 heteroatoms. The highest BCUT2D eigenvalue weighted by atomic mass is 32.2. The van der Waals surface area contributed by atoms with E-state index in [0.717, 1.165) is 22.2 Å². The van der Waals surface area contributed by atoms with Crippen molar-refractivity contribution >= 4 is 40.7 Å². The Morgan fingerprint density at radius 1 is 1.32 bits per heavy atom. The average Bonchev–Trinajstić information content (AvgIpc) is 2.68. The maximum Gasteiger partial charge on any atom is 0.293 e. The number of rotatable bonds is 4. The fourth-order valence-electron chi connectivity index (χ4n) is 1.64. The van der Waals surface area contributed by atoms with Crippen LogP contribution in [-0.4, -0.2) is 28.8 Å². The van der Waals surface area contributed by atoms with E-state index in [-0.39, 0.29) is 17.7 Å². The Labute approximate surface area is 120 Å². The van der Waals surface area contributed by atoms with E-state index in [0.29, 0.717) is 4.91 Å². The topological polar surface area (TPSA) is 37.4 Å². The van der Waals surface area contributed by atoms with Crippen molar-refractivity contribution in [3.8, 4) is 0 Å². The van der Waals surface area contributed by atoms with Crippen molar-refractivity contribution in [1.29, 1.82) is 0 Å². The molecule has 0 aliphatic carbocycles. The van der Waals surface area contributed by atoms with Gasteiger partial charge in [-0.05, 0) is 41.8 Å². The first-order valence-electron chi connectivity index (χ1n) is 5.66. The largest absolute Gasteiger partial charge is 0.293 e. The zero-order valence-corrected chi connectivity index (χ0v) is 12.1. The molecule has 1 fully saturated rings. The molecule has 3 nitrogen and oxygen atoms in total. The number of imide groups is 1. The molecule has 2 rings (SSSR count). The first-order valence-corrected chi connectivity index (χ1v) is 7.70. The summed E-state index contributed by atoms with van der Waals surface area (Å²) in [7, 11) is 0. The lowest BCUT2D eigenvalue weighted by atomic mass is 10.2. The third-order valence-electron chi connectivity index (χ3n) is 2.60. The van der Waals surface area contributed by atoms with E-state index in [9.17, 15) is 9.59 Å². The third-order valence-corrected chi connectivity index (χ3v) is 4.25. The molecule has 1 saturated heterocycles. The van der Waals surface area contributed by atoms with E-state index in [4.69, 9.17) is 0 Å². The van der Waals surface area contributed by atoms with Crippen molar-refractivity contribution in [2.45, 2.75) is 4.90 Å². The lowest BCUT2D eigenvalue weighted by Gasteiger charge is -2.07. The van der Waals surface area contributed by atoms with Crippen molar-refractivity contribution < 1.29 is 9.59 Å². The van der Waals surface area contributed by atoms with Gasteiger partial charge in [-0.2, -0.15) is 0 Å². The van der Waals surface area contributed by atoms with E-state index in [1.807, 2.05) is 30.5 Å². The molecule has 0 N–H and O–H groups in total. The zero-order valence-electron chi connectivity index (χ0n) is 10.5. The number of amides is 2. The first-order chi connectivity index (χ1) is 9.15. The van der Waals surface area contributed by atoms with Gasteiger partial charge in [0.25, 0.3) is 11.1 Å². The second-order valence-corrected chi connectivity index (χ2v) is 5.73. The Bertz CT molecular complexity index is 549. The smallest absolute Gasteiger partial charge is 0.268 e. The lowest BCUT2D eigenvalue weighted by Crippen LogP contribution is -2.27. The molecule has 19 heavy (non-hydrogen) atoms. The van der Waals surface area contributed by atoms with Crippen LogP contribution in [0.25, 0.3) is 6.08 Å². The van der Waals surface area contributed by atoms with Crippen LogP contribution in [-0.2, 0) is 4.79 Å². The highest BCUT2D eigenvalue weighted by Crippen LogP contribution is 2.32. The Hall–Kier alpha value is -1.46. The van der Waals surface area contributed by atoms with Gasteiger partial charge in [0, 0.05) is 11.4 Å². The zero-order chi connectivity index (χ0) is 13.8. The summed E-state index contributed by atoms with van der Waals surface area (Å²) in [5, 5.41) is -0.239. The van der Waals surface area contributed by atoms with Gasteiger partial charge in [0.2, 0.25) is 0 Å². The van der Waals surface area contributed by atoms with Crippen LogP contribution >= 0.6 is 23.5 Å². The molecule has 0 spiro atoms. The summed E-state index contributed by atoms with van der Waals surface area (Å²) in [6.07, 6.45) is 5.31. The molecule has 98 valence electrons. The minimum absolute atomic E-state index is 0.239. The van der Waals surface area contributed by atoms with Crippen LogP contribution in [0.5, 0.6) is 0 Å². The Balaban J connectivity index is 2.21. The standard InChI is InChI=1S/C14H13NO2S2/c1-3-8-15-13(16)12(19-14(15)17)9-10-4-6-11(18-2)7-5-10/h3-7,9H,1,8H2,2H3/b12-9-. The van der Waals surface area contributed by atoms with Crippen LogP contribution in [0.15, 0.2) is 46.7 Å². The monoisotopic (exact) mass is 291 g/mol. The van der Waals surface area contributed by atoms with Crippen molar-refractivity contribution in [1.82, 2.24) is 4.90 Å². The summed E-state index contributed by atoms with van der Waals surface area (Å²) >= 11 is 2.63. The van der Waals surface area contributed by atoms with E-state index < -0.39 is 0 Å². The quantitative estimate of drug-likeness (QED) is 0.482. The molecule has 1 aliphatic heterocycles. The summed E-state index contributed by atoms with van der Waals surface area (Å²) < 4.78 is 0. The van der Waals surface area contributed by atoms with Gasteiger partial charge in [0.1, 0.15) is 0 Å². The molecule has 1 aliphatic rings. The number of hydrogen-bond acceptors (Lipinski definition) is 4. The SMILES string of the molecule is C=CCN1C(=O)S/C(=C\c2ccc(SC)cc2)C1=O. The molecule has 1 heterocycles. The maximum absolute atomic E-state index is 12.0. The number of hydrogen-bond donors (Lipinski definition) is 0. The van der Waals surface area contributed by atoms with Gasteiger partial charge in [-0.1, -0.05) is 18.2 Å². The third kappa shape index (κ3) is 3.11. The number of benzene rings is 1. The van der Waals surface area contributed by atoms with Crippen molar-refractivity contribution in [2.75, 3.05) is 12.8 Å². The maximum atomic E-state index is 12.0. The molecule has 1 aromatic rings. The van der Waals surface area contributed by atoms with Gasteiger partial charge in [-0.3, -0.25) is 14.5 Å². The normalized spacial score (nSPS) is 17.3. The van der Waals surface area contributed by atoms with Gasteiger partial charge in [0.05, 0.1) is 4.91 Å². The molecular weight excluding hydrogens is 278 g/mol. The minimum atomic E-state index is -0.246. The molecule has 0 saturated carbocycles. The summed E-state index contributed by atoms with van der Waals surface area (Å²) in [5.41, 5.74) is 0.918. The highest BCUT2D eigenvalue weighted by Gasteiger charge is 2.33. The number of nitrogens with zero attached hydrogens (tertiary/aromatic N) is 1. The Morgan fingerprint density at radius 3 is 2.58 bits per heavy atom. The summed E-state index contributed by atoms with van der Waals surface area (Å²) in [6.45, 7) is 3.80. The van der Waals surface area contributed by atoms with E-state index in [1.54, 1.807) is 23.9 Å². The van der Waals surface area contributed by atoms with Gasteiger partial charge in [-0.15, -0.1) is 18.3 Å². The number of thioether (sulfide) groups is 2. The van der Waals surface area contributed by atoms with Crippen LogP contribution in [0.3, 0.4) is 0 Å². The fraction of sp³-hybridized carbons (Fsp3) is 0.143. The van der Waals surface area contributed by atoms with Gasteiger partial charge in [0.15, 0.2) is 0 Å².